The Balaban J connectivity index is 1.57. The molecule has 0 aliphatic carbocycles. The molecule has 1 aliphatic rings. The van der Waals surface area contributed by atoms with Crippen LogP contribution in [0.4, 0.5) is 4.39 Å². The fourth-order valence-corrected chi connectivity index (χ4v) is 4.45. The molecule has 1 aromatic carbocycles. The van der Waals surface area contributed by atoms with Crippen molar-refractivity contribution < 1.29 is 14.0 Å². The first-order valence-electron chi connectivity index (χ1n) is 12.0. The highest BCUT2D eigenvalue weighted by molar-refractivity contribution is 5.89. The summed E-state index contributed by atoms with van der Waals surface area (Å²) in [6, 6.07) is 11.7. The van der Waals surface area contributed by atoms with Crippen molar-refractivity contribution in [3.8, 4) is 0 Å². The summed E-state index contributed by atoms with van der Waals surface area (Å²) in [5, 5.41) is 7.07. The van der Waals surface area contributed by atoms with E-state index in [1.165, 1.54) is 23.6 Å². The summed E-state index contributed by atoms with van der Waals surface area (Å²) in [7, 11) is 3.01. The van der Waals surface area contributed by atoms with Gasteiger partial charge in [-0.1, -0.05) is 50.2 Å². The number of carbonyl (C=O) groups is 2. The lowest BCUT2D eigenvalue weighted by atomic mass is 10.00. The van der Waals surface area contributed by atoms with Gasteiger partial charge in [-0.15, -0.1) is 0 Å². The molecule has 4 rings (SSSR count). The van der Waals surface area contributed by atoms with Gasteiger partial charge in [0.15, 0.2) is 0 Å². The van der Waals surface area contributed by atoms with Crippen LogP contribution in [0.3, 0.4) is 0 Å². The van der Waals surface area contributed by atoms with Crippen molar-refractivity contribution >= 4 is 11.8 Å². The largest absolute Gasteiger partial charge is 0.345 e. The highest BCUT2D eigenvalue weighted by Crippen LogP contribution is 2.26. The van der Waals surface area contributed by atoms with E-state index in [9.17, 15) is 18.8 Å². The van der Waals surface area contributed by atoms with Crippen LogP contribution in [-0.4, -0.2) is 54.8 Å². The Morgan fingerprint density at radius 3 is 2.42 bits per heavy atom. The summed E-state index contributed by atoms with van der Waals surface area (Å²) >= 11 is 0. The van der Waals surface area contributed by atoms with Crippen LogP contribution in [0.1, 0.15) is 54.9 Å². The van der Waals surface area contributed by atoms with Gasteiger partial charge in [0.05, 0.1) is 24.7 Å². The van der Waals surface area contributed by atoms with Crippen LogP contribution < -0.4 is 11.0 Å². The summed E-state index contributed by atoms with van der Waals surface area (Å²) in [6.07, 6.45) is 0.168. The van der Waals surface area contributed by atoms with E-state index in [-0.39, 0.29) is 30.9 Å². The maximum atomic E-state index is 14.5. The maximum Gasteiger partial charge on any atom is 0.345 e. The van der Waals surface area contributed by atoms with E-state index in [1.807, 2.05) is 42.5 Å². The van der Waals surface area contributed by atoms with E-state index in [0.717, 1.165) is 15.8 Å². The number of amides is 2. The van der Waals surface area contributed by atoms with E-state index in [2.05, 4.69) is 29.2 Å². The molecular weight excluding hydrogens is 463 g/mol. The van der Waals surface area contributed by atoms with Crippen molar-refractivity contribution in [1.29, 1.82) is 0 Å². The Labute approximate surface area is 209 Å². The molecule has 1 fully saturated rings. The maximum absolute atomic E-state index is 14.5. The van der Waals surface area contributed by atoms with E-state index in [1.54, 1.807) is 6.20 Å². The van der Waals surface area contributed by atoms with Gasteiger partial charge in [0, 0.05) is 26.7 Å². The smallest absolute Gasteiger partial charge is 0.342 e. The molecule has 190 valence electrons. The quantitative estimate of drug-likeness (QED) is 0.542. The molecule has 2 aromatic heterocycles. The Morgan fingerprint density at radius 2 is 1.83 bits per heavy atom. The van der Waals surface area contributed by atoms with Gasteiger partial charge in [-0.2, -0.15) is 5.10 Å². The fraction of sp³-hybridized carbons (Fsp3) is 0.423. The van der Waals surface area contributed by atoms with Crippen LogP contribution >= 0.6 is 0 Å². The number of nitrogens with one attached hydrogen (secondary N) is 1. The number of hydrogen-bond acceptors (Lipinski definition) is 5. The number of nitrogens with zero attached hydrogens (tertiary/aromatic N) is 5. The van der Waals surface area contributed by atoms with Crippen molar-refractivity contribution in [2.45, 2.75) is 50.9 Å². The van der Waals surface area contributed by atoms with Gasteiger partial charge in [0.2, 0.25) is 11.8 Å². The first-order valence-corrected chi connectivity index (χ1v) is 12.0. The summed E-state index contributed by atoms with van der Waals surface area (Å²) in [4.78, 5) is 44.3. The Bertz CT molecular complexity index is 1290. The number of rotatable bonds is 7. The number of benzene rings is 1. The molecule has 9 nitrogen and oxygen atoms in total. The molecule has 3 unspecified atom stereocenters. The average molecular weight is 495 g/mol. The predicted molar refractivity (Wildman–Crippen MR) is 132 cm³/mol. The van der Waals surface area contributed by atoms with E-state index < -0.39 is 30.1 Å². The molecule has 0 radical (unpaired) electrons. The van der Waals surface area contributed by atoms with Gasteiger partial charge in [-0.25, -0.2) is 13.9 Å². The molecule has 0 spiro atoms. The van der Waals surface area contributed by atoms with E-state index in [4.69, 9.17) is 0 Å². The number of likely N-dealkylation sites (tertiary alicyclic amines) is 1. The minimum absolute atomic E-state index is 0.0973. The van der Waals surface area contributed by atoms with Crippen molar-refractivity contribution in [3.05, 3.63) is 81.8 Å². The van der Waals surface area contributed by atoms with Crippen molar-refractivity contribution in [2.24, 2.45) is 14.1 Å². The van der Waals surface area contributed by atoms with Gasteiger partial charge in [-0.05, 0) is 23.1 Å². The molecule has 10 heteroatoms. The van der Waals surface area contributed by atoms with Crippen LogP contribution in [0.5, 0.6) is 0 Å². The van der Waals surface area contributed by atoms with Crippen LogP contribution in [-0.2, 0) is 30.1 Å². The Hall–Kier alpha value is -3.82. The number of alkyl halides is 1. The van der Waals surface area contributed by atoms with E-state index in [0.29, 0.717) is 11.6 Å². The third kappa shape index (κ3) is 5.22. The number of hydrogen-bond donors (Lipinski definition) is 1. The number of aryl methyl sites for hydroxylation is 1. The van der Waals surface area contributed by atoms with Gasteiger partial charge in [-0.3, -0.25) is 19.1 Å². The third-order valence-electron chi connectivity index (χ3n) is 6.59. The lowest BCUT2D eigenvalue weighted by Crippen LogP contribution is -2.47. The van der Waals surface area contributed by atoms with Gasteiger partial charge < -0.3 is 10.2 Å². The Kier molecular flexibility index (Phi) is 7.32. The Morgan fingerprint density at radius 1 is 1.11 bits per heavy atom. The van der Waals surface area contributed by atoms with Crippen LogP contribution in [0.2, 0.25) is 0 Å². The molecule has 2 amide bonds. The molecule has 1 saturated heterocycles. The summed E-state index contributed by atoms with van der Waals surface area (Å²) in [6.45, 7) is 3.97. The first kappa shape index (κ1) is 25.3. The number of pyridine rings is 1. The average Bonchev–Trinajstić information content (AvgIpc) is 3.38. The second-order valence-corrected chi connectivity index (χ2v) is 9.48. The monoisotopic (exact) mass is 494 g/mol. The van der Waals surface area contributed by atoms with Crippen LogP contribution in [0, 0.1) is 0 Å². The highest BCUT2D eigenvalue weighted by Gasteiger charge is 2.41. The topological polar surface area (TPSA) is 102 Å². The lowest BCUT2D eigenvalue weighted by molar-refractivity contribution is -0.138. The summed E-state index contributed by atoms with van der Waals surface area (Å²) in [5.41, 5.74) is 2.19. The predicted octanol–water partition coefficient (Wildman–Crippen LogP) is 2.02. The molecule has 3 heterocycles. The van der Waals surface area contributed by atoms with Crippen LogP contribution in [0.25, 0.3) is 0 Å². The molecule has 36 heavy (non-hydrogen) atoms. The van der Waals surface area contributed by atoms with Crippen molar-refractivity contribution in [3.63, 3.8) is 0 Å². The lowest BCUT2D eigenvalue weighted by Gasteiger charge is -2.26. The molecule has 0 bridgehead atoms. The first-order chi connectivity index (χ1) is 17.2. The summed E-state index contributed by atoms with van der Waals surface area (Å²) in [5.74, 6) is -0.346. The van der Waals surface area contributed by atoms with Gasteiger partial charge >= 0.3 is 5.69 Å². The molecular formula is C26H31FN6O3. The molecule has 3 aromatic rings. The minimum Gasteiger partial charge on any atom is -0.342 e. The molecule has 3 atom stereocenters. The van der Waals surface area contributed by atoms with Gasteiger partial charge in [0.25, 0.3) is 0 Å². The highest BCUT2D eigenvalue weighted by atomic mass is 19.1. The minimum atomic E-state index is -1.32. The SMILES string of the molecule is CC(C)c1ccc(C(NC(=O)C2CC(F)CN2C(=O)Cc2nn(C)c(=O)n2C)c2ccccc2)nc1. The second-order valence-electron chi connectivity index (χ2n) is 9.48. The number of carbonyl (C=O) groups excluding carboxylic acids is 2. The molecule has 1 aliphatic heterocycles. The zero-order chi connectivity index (χ0) is 26.0. The third-order valence-corrected chi connectivity index (χ3v) is 6.59. The van der Waals surface area contributed by atoms with E-state index >= 15 is 0 Å². The molecule has 1 N–H and O–H groups in total. The summed E-state index contributed by atoms with van der Waals surface area (Å²) < 4.78 is 16.9. The standard InChI is InChI=1S/C26H31FN6O3/c1-16(2)18-10-11-20(28-14-18)24(17-8-6-5-7-9-17)29-25(35)21-12-19(27)15-33(21)23(34)13-22-30-32(4)26(36)31(22)3/h5-11,14,16,19,21,24H,12-13,15H2,1-4H3,(H,29,35). The zero-order valence-corrected chi connectivity index (χ0v) is 20.9. The van der Waals surface area contributed by atoms with Gasteiger partial charge in [0.1, 0.15) is 18.0 Å². The van der Waals surface area contributed by atoms with Crippen molar-refractivity contribution in [2.75, 3.05) is 6.54 Å². The fourth-order valence-electron chi connectivity index (χ4n) is 4.45. The zero-order valence-electron chi connectivity index (χ0n) is 20.9. The second kappa shape index (κ2) is 10.4. The van der Waals surface area contributed by atoms with Crippen LogP contribution in [0.15, 0.2) is 53.5 Å². The number of halogens is 1. The van der Waals surface area contributed by atoms with Crippen molar-refractivity contribution in [1.82, 2.24) is 29.5 Å². The number of aromatic nitrogens is 4. The normalized spacial score (nSPS) is 18.4. The molecule has 0 saturated carbocycles.